The second-order valence-corrected chi connectivity index (χ2v) is 16.4. The lowest BCUT2D eigenvalue weighted by Gasteiger charge is -2.25. The highest BCUT2D eigenvalue weighted by Crippen LogP contribution is 2.43. The largest absolute Gasteiger partial charge is 0.456 e. The monoisotopic (exact) mass is 816 g/mol. The number of para-hydroxylation sites is 3. The highest BCUT2D eigenvalue weighted by molar-refractivity contribution is 6.25. The molecular weight excluding hydrogens is 781 g/mol. The first-order valence-electron chi connectivity index (χ1n) is 21.6. The molecule has 5 nitrogen and oxygen atoms in total. The maximum Gasteiger partial charge on any atom is 0.135 e. The Labute approximate surface area is 368 Å². The van der Waals surface area contributed by atoms with Crippen molar-refractivity contribution in [1.29, 1.82) is 0 Å². The lowest BCUT2D eigenvalue weighted by atomic mass is 9.91. The fraction of sp³-hybridized carbons (Fsp3) is 0. The van der Waals surface area contributed by atoms with E-state index in [9.17, 15) is 0 Å². The van der Waals surface area contributed by atoms with Crippen LogP contribution in [0.15, 0.2) is 223 Å². The summed E-state index contributed by atoms with van der Waals surface area (Å²) >= 11 is 0. The summed E-state index contributed by atoms with van der Waals surface area (Å²) in [5, 5.41) is 10.1. The van der Waals surface area contributed by atoms with Gasteiger partial charge in [0.25, 0.3) is 0 Å². The number of fused-ring (bicyclic) bond motifs is 11. The van der Waals surface area contributed by atoms with Crippen molar-refractivity contribution in [2.45, 2.75) is 0 Å². The molecule has 13 rings (SSSR count). The second-order valence-electron chi connectivity index (χ2n) is 16.4. The zero-order valence-corrected chi connectivity index (χ0v) is 34.5. The van der Waals surface area contributed by atoms with Crippen molar-refractivity contribution in [2.24, 2.45) is 0 Å². The predicted octanol–water partition coefficient (Wildman–Crippen LogP) is 16.0. The van der Waals surface area contributed by atoms with E-state index in [4.69, 9.17) is 19.4 Å². The number of rotatable bonds is 6. The van der Waals surface area contributed by atoms with Gasteiger partial charge in [-0.3, -0.25) is 4.98 Å². The van der Waals surface area contributed by atoms with Crippen molar-refractivity contribution < 1.29 is 4.42 Å². The molecule has 5 heteroatoms. The van der Waals surface area contributed by atoms with Crippen LogP contribution in [0.25, 0.3) is 110 Å². The summed E-state index contributed by atoms with van der Waals surface area (Å²) in [6.45, 7) is 0. The van der Waals surface area contributed by atoms with Gasteiger partial charge in [0.05, 0.1) is 27.9 Å². The normalized spacial score (nSPS) is 11.8. The standard InChI is InChI=1S/C59H36N4O/c1-2-15-43(16-3-1)63(45-30-33-54-50(36-45)46-17-5-7-21-53(46)64-54)44-28-24-37(25-29-44)41-12-8-13-42(35-41)57-49-31-26-38-11-9-19-47(55(38)56(49)48-18-4-6-20-51(48)61-57)52-32-27-40-23-22-39-14-10-34-60-58(39)59(40)62-52/h1-36H. The van der Waals surface area contributed by atoms with Crippen molar-refractivity contribution in [3.63, 3.8) is 0 Å². The number of aromatic nitrogens is 3. The number of benzene rings is 9. The summed E-state index contributed by atoms with van der Waals surface area (Å²) < 4.78 is 6.19. The van der Waals surface area contributed by atoms with Crippen LogP contribution < -0.4 is 4.90 Å². The second kappa shape index (κ2) is 14.5. The molecule has 0 amide bonds. The van der Waals surface area contributed by atoms with E-state index in [1.165, 1.54) is 5.39 Å². The first-order valence-corrected chi connectivity index (χ1v) is 21.6. The van der Waals surface area contributed by atoms with Gasteiger partial charge in [0.2, 0.25) is 0 Å². The van der Waals surface area contributed by atoms with Gasteiger partial charge in [0, 0.05) is 72.1 Å². The zero-order chi connectivity index (χ0) is 42.1. The van der Waals surface area contributed by atoms with E-state index in [2.05, 4.69) is 199 Å². The topological polar surface area (TPSA) is 55.1 Å². The Morgan fingerprint density at radius 3 is 1.98 bits per heavy atom. The van der Waals surface area contributed by atoms with Gasteiger partial charge < -0.3 is 9.32 Å². The predicted molar refractivity (Wildman–Crippen MR) is 266 cm³/mol. The third-order valence-corrected chi connectivity index (χ3v) is 12.6. The van der Waals surface area contributed by atoms with Gasteiger partial charge in [-0.05, 0) is 94.7 Å². The van der Waals surface area contributed by atoms with Crippen molar-refractivity contribution in [1.82, 2.24) is 15.0 Å². The van der Waals surface area contributed by atoms with Crippen molar-refractivity contribution in [2.75, 3.05) is 4.90 Å². The molecule has 0 atom stereocenters. The molecule has 0 saturated heterocycles. The van der Waals surface area contributed by atoms with E-state index in [0.717, 1.165) is 122 Å². The van der Waals surface area contributed by atoms with E-state index in [1.807, 2.05) is 24.4 Å². The van der Waals surface area contributed by atoms with E-state index < -0.39 is 0 Å². The molecule has 0 aliphatic heterocycles. The Hall–Kier alpha value is -8.67. The van der Waals surface area contributed by atoms with Gasteiger partial charge >= 0.3 is 0 Å². The number of hydrogen-bond donors (Lipinski definition) is 0. The molecule has 0 fully saturated rings. The van der Waals surface area contributed by atoms with E-state index >= 15 is 0 Å². The third kappa shape index (κ3) is 5.83. The zero-order valence-electron chi connectivity index (χ0n) is 34.5. The Morgan fingerprint density at radius 2 is 1.08 bits per heavy atom. The smallest absolute Gasteiger partial charge is 0.135 e. The lowest BCUT2D eigenvalue weighted by molar-refractivity contribution is 0.669. The highest BCUT2D eigenvalue weighted by atomic mass is 16.3. The van der Waals surface area contributed by atoms with Crippen LogP contribution in [0.5, 0.6) is 0 Å². The molecule has 0 unspecified atom stereocenters. The summed E-state index contributed by atoms with van der Waals surface area (Å²) in [7, 11) is 0. The van der Waals surface area contributed by atoms with Gasteiger partial charge in [-0.25, -0.2) is 9.97 Å². The highest BCUT2D eigenvalue weighted by Gasteiger charge is 2.19. The maximum atomic E-state index is 6.19. The molecule has 0 saturated carbocycles. The van der Waals surface area contributed by atoms with Gasteiger partial charge in [-0.2, -0.15) is 0 Å². The molecule has 0 bridgehead atoms. The molecule has 4 heterocycles. The van der Waals surface area contributed by atoms with Crippen molar-refractivity contribution >= 4 is 93.3 Å². The molecule has 0 aliphatic rings. The summed E-state index contributed by atoms with van der Waals surface area (Å²) in [4.78, 5) is 17.8. The Balaban J connectivity index is 0.934. The molecule has 4 aromatic heterocycles. The van der Waals surface area contributed by atoms with Gasteiger partial charge in [-0.15, -0.1) is 0 Å². The van der Waals surface area contributed by atoms with Gasteiger partial charge in [0.1, 0.15) is 11.2 Å². The Kier molecular flexibility index (Phi) is 8.15. The fourth-order valence-corrected chi connectivity index (χ4v) is 9.65. The molecule has 0 N–H and O–H groups in total. The average Bonchev–Trinajstić information content (AvgIpc) is 3.74. The molecule has 0 aliphatic carbocycles. The summed E-state index contributed by atoms with van der Waals surface area (Å²) in [6, 6.07) is 75.0. The minimum Gasteiger partial charge on any atom is -0.456 e. The third-order valence-electron chi connectivity index (χ3n) is 12.6. The Morgan fingerprint density at radius 1 is 0.375 bits per heavy atom. The lowest BCUT2D eigenvalue weighted by Crippen LogP contribution is -2.09. The molecular formula is C59H36N4O. The molecule has 298 valence electrons. The number of pyridine rings is 3. The summed E-state index contributed by atoms with van der Waals surface area (Å²) in [6.07, 6.45) is 1.84. The number of furan rings is 1. The van der Waals surface area contributed by atoms with E-state index in [0.29, 0.717) is 0 Å². The number of anilines is 3. The van der Waals surface area contributed by atoms with Crippen LogP contribution in [-0.2, 0) is 0 Å². The average molecular weight is 817 g/mol. The maximum absolute atomic E-state index is 6.19. The van der Waals surface area contributed by atoms with Crippen LogP contribution in [0, 0.1) is 0 Å². The van der Waals surface area contributed by atoms with E-state index in [-0.39, 0.29) is 0 Å². The first-order chi connectivity index (χ1) is 31.7. The minimum atomic E-state index is 0.879. The van der Waals surface area contributed by atoms with Crippen LogP contribution in [-0.4, -0.2) is 15.0 Å². The molecule has 64 heavy (non-hydrogen) atoms. The summed E-state index contributed by atoms with van der Waals surface area (Å²) in [5.74, 6) is 0. The van der Waals surface area contributed by atoms with Gasteiger partial charge in [-0.1, -0.05) is 140 Å². The van der Waals surface area contributed by atoms with Crippen LogP contribution in [0.3, 0.4) is 0 Å². The minimum absolute atomic E-state index is 0.879. The Bertz CT molecular complexity index is 3970. The van der Waals surface area contributed by atoms with Crippen molar-refractivity contribution in [3.05, 3.63) is 219 Å². The number of nitrogens with zero attached hydrogens (tertiary/aromatic N) is 4. The SMILES string of the molecule is c1ccc(N(c2ccc(-c3cccc(-c4nc5ccccc5c5c4ccc4cccc(-c6ccc7ccc8cccnc8c7n6)c45)c3)cc2)c2ccc3oc4ccccc4c3c2)cc1. The molecule has 0 radical (unpaired) electrons. The van der Waals surface area contributed by atoms with Crippen molar-refractivity contribution in [3.8, 4) is 33.6 Å². The molecule has 9 aromatic carbocycles. The van der Waals surface area contributed by atoms with E-state index in [1.54, 1.807) is 0 Å². The van der Waals surface area contributed by atoms with Crippen LogP contribution >= 0.6 is 0 Å². The first kappa shape index (κ1) is 36.0. The van der Waals surface area contributed by atoms with Crippen LogP contribution in [0.2, 0.25) is 0 Å². The van der Waals surface area contributed by atoms with Crippen LogP contribution in [0.1, 0.15) is 0 Å². The molecule has 0 spiro atoms. The quantitative estimate of drug-likeness (QED) is 0.156. The molecule has 13 aromatic rings. The van der Waals surface area contributed by atoms with Crippen LogP contribution in [0.4, 0.5) is 17.1 Å². The summed E-state index contributed by atoms with van der Waals surface area (Å²) in [5.41, 5.74) is 14.0. The van der Waals surface area contributed by atoms with Gasteiger partial charge in [0.15, 0.2) is 0 Å². The number of hydrogen-bond acceptors (Lipinski definition) is 5. The fourth-order valence-electron chi connectivity index (χ4n) is 9.65.